The summed E-state index contributed by atoms with van der Waals surface area (Å²) >= 11 is 0. The third-order valence-corrected chi connectivity index (χ3v) is 3.98. The highest BCUT2D eigenvalue weighted by Gasteiger charge is 2.23. The number of hydrogen-bond donors (Lipinski definition) is 3. The number of hydrogen-bond acceptors (Lipinski definition) is 5. The maximum atomic E-state index is 11.4. The number of carbonyl (C=O) groups is 1. The molecule has 4 N–H and O–H groups in total. The van der Waals surface area contributed by atoms with Crippen LogP contribution in [-0.2, 0) is 4.79 Å². The maximum absolute atomic E-state index is 11.4. The summed E-state index contributed by atoms with van der Waals surface area (Å²) in [5.41, 5.74) is 8.35. The molecule has 0 aliphatic carbocycles. The van der Waals surface area contributed by atoms with Gasteiger partial charge in [0.1, 0.15) is 5.75 Å². The summed E-state index contributed by atoms with van der Waals surface area (Å²) in [6.45, 7) is 2.01. The Labute approximate surface area is 117 Å². The van der Waals surface area contributed by atoms with Crippen LogP contribution in [0.2, 0.25) is 0 Å². The highest BCUT2D eigenvalue weighted by atomic mass is 16.5. The lowest BCUT2D eigenvalue weighted by Gasteiger charge is -2.34. The van der Waals surface area contributed by atoms with Gasteiger partial charge in [-0.3, -0.25) is 4.79 Å². The number of aliphatic hydroxyl groups excluding tert-OH is 1. The van der Waals surface area contributed by atoms with E-state index >= 15 is 0 Å². The van der Waals surface area contributed by atoms with Crippen molar-refractivity contribution in [2.45, 2.75) is 12.8 Å². The second-order valence-corrected chi connectivity index (χ2v) is 5.36. The van der Waals surface area contributed by atoms with Gasteiger partial charge in [0.2, 0.25) is 0 Å². The van der Waals surface area contributed by atoms with Crippen molar-refractivity contribution in [2.24, 2.45) is 5.92 Å². The lowest BCUT2D eigenvalue weighted by molar-refractivity contribution is -0.118. The topological polar surface area (TPSA) is 87.8 Å². The zero-order chi connectivity index (χ0) is 14.1. The molecule has 6 heteroatoms. The molecular weight excluding hydrogens is 258 g/mol. The fraction of sp³-hybridized carbons (Fsp3) is 0.500. The smallest absolute Gasteiger partial charge is 0.262 e. The lowest BCUT2D eigenvalue weighted by atomic mass is 9.97. The molecule has 1 aromatic rings. The van der Waals surface area contributed by atoms with E-state index in [2.05, 4.69) is 10.2 Å². The molecule has 1 fully saturated rings. The van der Waals surface area contributed by atoms with E-state index in [1.807, 2.05) is 6.07 Å². The molecule has 6 nitrogen and oxygen atoms in total. The highest BCUT2D eigenvalue weighted by molar-refractivity contribution is 5.97. The number of nitrogens with two attached hydrogens (primary N) is 1. The number of nitrogens with zero attached hydrogens (tertiary/aromatic N) is 1. The Kier molecular flexibility index (Phi) is 3.40. The fourth-order valence-corrected chi connectivity index (χ4v) is 2.76. The average Bonchev–Trinajstić information content (AvgIpc) is 2.47. The summed E-state index contributed by atoms with van der Waals surface area (Å²) in [5.74, 6) is 0.858. The van der Waals surface area contributed by atoms with Crippen LogP contribution in [0.1, 0.15) is 12.8 Å². The number of amides is 1. The Morgan fingerprint density at radius 3 is 2.85 bits per heavy atom. The largest absolute Gasteiger partial charge is 0.482 e. The predicted molar refractivity (Wildman–Crippen MR) is 77.0 cm³/mol. The number of nitrogens with one attached hydrogen (secondary N) is 1. The second kappa shape index (κ2) is 5.20. The Balaban J connectivity index is 1.83. The number of carbonyl (C=O) groups excluding carboxylic acids is 1. The fourth-order valence-electron chi connectivity index (χ4n) is 2.76. The van der Waals surface area contributed by atoms with Gasteiger partial charge in [0.05, 0.1) is 17.1 Å². The molecule has 0 unspecified atom stereocenters. The second-order valence-electron chi connectivity index (χ2n) is 5.36. The third kappa shape index (κ3) is 2.38. The first-order valence-corrected chi connectivity index (χ1v) is 6.89. The molecular formula is C14H19N3O3. The molecule has 0 radical (unpaired) electrons. The minimum Gasteiger partial charge on any atom is -0.482 e. The van der Waals surface area contributed by atoms with Crippen molar-refractivity contribution in [3.05, 3.63) is 12.1 Å². The molecule has 0 aromatic heterocycles. The number of nitrogen functional groups attached to an aromatic ring is 1. The summed E-state index contributed by atoms with van der Waals surface area (Å²) in [5, 5.41) is 12.0. The number of rotatable bonds is 2. The summed E-state index contributed by atoms with van der Waals surface area (Å²) < 4.78 is 5.35. The average molecular weight is 277 g/mol. The molecule has 1 saturated heterocycles. The van der Waals surface area contributed by atoms with E-state index < -0.39 is 0 Å². The molecule has 2 aliphatic rings. The normalized spacial score (nSPS) is 19.2. The Morgan fingerprint density at radius 2 is 2.15 bits per heavy atom. The van der Waals surface area contributed by atoms with Crippen molar-refractivity contribution in [3.8, 4) is 5.75 Å². The first-order valence-electron chi connectivity index (χ1n) is 6.89. The van der Waals surface area contributed by atoms with Gasteiger partial charge in [-0.1, -0.05) is 0 Å². The van der Waals surface area contributed by atoms with E-state index in [0.29, 0.717) is 23.0 Å². The molecule has 2 heterocycles. The zero-order valence-corrected chi connectivity index (χ0v) is 11.3. The molecule has 2 aliphatic heterocycles. The number of piperidine rings is 1. The van der Waals surface area contributed by atoms with Crippen molar-refractivity contribution in [1.29, 1.82) is 0 Å². The van der Waals surface area contributed by atoms with Crippen molar-refractivity contribution < 1.29 is 14.6 Å². The van der Waals surface area contributed by atoms with Crippen LogP contribution < -0.4 is 20.7 Å². The van der Waals surface area contributed by atoms with E-state index in [0.717, 1.165) is 31.6 Å². The van der Waals surface area contributed by atoms with Crippen molar-refractivity contribution in [3.63, 3.8) is 0 Å². The number of aliphatic hydroxyl groups is 1. The van der Waals surface area contributed by atoms with Gasteiger partial charge in [-0.15, -0.1) is 0 Å². The van der Waals surface area contributed by atoms with Crippen molar-refractivity contribution in [1.82, 2.24) is 0 Å². The monoisotopic (exact) mass is 277 g/mol. The van der Waals surface area contributed by atoms with Gasteiger partial charge in [0, 0.05) is 25.8 Å². The Bertz CT molecular complexity index is 525. The predicted octanol–water partition coefficient (Wildman–Crippen LogP) is 0.808. The van der Waals surface area contributed by atoms with Crippen LogP contribution in [0.25, 0.3) is 0 Å². The minimum absolute atomic E-state index is 0.0354. The number of anilines is 3. The zero-order valence-electron chi connectivity index (χ0n) is 11.3. The first-order chi connectivity index (χ1) is 9.67. The minimum atomic E-state index is -0.146. The first kappa shape index (κ1) is 13.1. The van der Waals surface area contributed by atoms with E-state index in [-0.39, 0.29) is 19.1 Å². The van der Waals surface area contributed by atoms with E-state index in [9.17, 15) is 9.90 Å². The quantitative estimate of drug-likeness (QED) is 0.696. The van der Waals surface area contributed by atoms with E-state index in [1.54, 1.807) is 6.07 Å². The number of ether oxygens (including phenoxy) is 1. The summed E-state index contributed by atoms with van der Waals surface area (Å²) in [6.07, 6.45) is 1.91. The van der Waals surface area contributed by atoms with Gasteiger partial charge >= 0.3 is 0 Å². The van der Waals surface area contributed by atoms with E-state index in [4.69, 9.17) is 10.5 Å². The summed E-state index contributed by atoms with van der Waals surface area (Å²) in [6, 6.07) is 3.64. The van der Waals surface area contributed by atoms with Crippen LogP contribution in [0.5, 0.6) is 5.75 Å². The van der Waals surface area contributed by atoms with Gasteiger partial charge in [0.25, 0.3) is 5.91 Å². The van der Waals surface area contributed by atoms with Gasteiger partial charge in [-0.2, -0.15) is 0 Å². The van der Waals surface area contributed by atoms with Gasteiger partial charge in [-0.05, 0) is 24.8 Å². The van der Waals surface area contributed by atoms with Crippen LogP contribution in [0.4, 0.5) is 17.1 Å². The number of fused-ring (bicyclic) bond motifs is 1. The molecule has 0 bridgehead atoms. The van der Waals surface area contributed by atoms with Crippen molar-refractivity contribution >= 4 is 23.0 Å². The van der Waals surface area contributed by atoms with Gasteiger partial charge in [-0.25, -0.2) is 0 Å². The molecule has 0 atom stereocenters. The molecule has 108 valence electrons. The SMILES string of the molecule is Nc1cc2c(cc1N1CCC(CO)CC1)NC(=O)CO2. The van der Waals surface area contributed by atoms with Crippen LogP contribution >= 0.6 is 0 Å². The lowest BCUT2D eigenvalue weighted by Crippen LogP contribution is -2.35. The Hall–Kier alpha value is -1.95. The molecule has 0 spiro atoms. The van der Waals surface area contributed by atoms with Crippen LogP contribution in [0, 0.1) is 5.92 Å². The van der Waals surface area contributed by atoms with Crippen LogP contribution in [-0.4, -0.2) is 37.3 Å². The van der Waals surface area contributed by atoms with Crippen LogP contribution in [0.3, 0.4) is 0 Å². The van der Waals surface area contributed by atoms with Crippen LogP contribution in [0.15, 0.2) is 12.1 Å². The standard InChI is InChI=1S/C14H19N3O3/c15-10-5-13-11(16-14(19)8-20-13)6-12(10)17-3-1-9(7-18)2-4-17/h5-6,9,18H,1-4,7-8,15H2,(H,16,19). The third-order valence-electron chi connectivity index (χ3n) is 3.98. The molecule has 20 heavy (non-hydrogen) atoms. The summed E-state index contributed by atoms with van der Waals surface area (Å²) in [7, 11) is 0. The molecule has 1 aromatic carbocycles. The van der Waals surface area contributed by atoms with Gasteiger partial charge < -0.3 is 25.8 Å². The van der Waals surface area contributed by atoms with Crippen molar-refractivity contribution in [2.75, 3.05) is 42.3 Å². The Morgan fingerprint density at radius 1 is 1.40 bits per heavy atom. The van der Waals surface area contributed by atoms with Gasteiger partial charge in [0.15, 0.2) is 6.61 Å². The molecule has 1 amide bonds. The molecule has 0 saturated carbocycles. The summed E-state index contributed by atoms with van der Waals surface area (Å²) in [4.78, 5) is 13.6. The maximum Gasteiger partial charge on any atom is 0.262 e. The molecule has 3 rings (SSSR count). The van der Waals surface area contributed by atoms with E-state index in [1.165, 1.54) is 0 Å². The highest BCUT2D eigenvalue weighted by Crippen LogP contribution is 2.38. The number of benzene rings is 1.